The summed E-state index contributed by atoms with van der Waals surface area (Å²) in [7, 11) is 0. The van der Waals surface area contributed by atoms with Crippen molar-refractivity contribution in [2.45, 2.75) is 47.0 Å². The van der Waals surface area contributed by atoms with Crippen molar-refractivity contribution >= 4 is 5.91 Å². The fourth-order valence-electron chi connectivity index (χ4n) is 2.31. The molecule has 1 unspecified atom stereocenters. The van der Waals surface area contributed by atoms with E-state index in [9.17, 15) is 4.79 Å². The lowest BCUT2D eigenvalue weighted by atomic mass is 9.84. The van der Waals surface area contributed by atoms with Gasteiger partial charge in [-0.1, -0.05) is 27.7 Å². The SMILES string of the molecule is CC(CC(=O)NCC(C)(C)C)C1CCNCC1. The minimum atomic E-state index is 0.174. The van der Waals surface area contributed by atoms with Gasteiger partial charge in [0.05, 0.1) is 0 Å². The van der Waals surface area contributed by atoms with Gasteiger partial charge in [-0.15, -0.1) is 0 Å². The Balaban J connectivity index is 2.25. The highest BCUT2D eigenvalue weighted by molar-refractivity contribution is 5.76. The molecule has 1 amide bonds. The van der Waals surface area contributed by atoms with Crippen molar-refractivity contribution in [1.82, 2.24) is 10.6 Å². The van der Waals surface area contributed by atoms with Crippen LogP contribution in [-0.4, -0.2) is 25.5 Å². The number of hydrogen-bond acceptors (Lipinski definition) is 2. The Bertz CT molecular complexity index is 239. The van der Waals surface area contributed by atoms with Gasteiger partial charge in [0.15, 0.2) is 0 Å². The number of carbonyl (C=O) groups excluding carboxylic acids is 1. The Hall–Kier alpha value is -0.570. The van der Waals surface area contributed by atoms with Crippen LogP contribution < -0.4 is 10.6 Å². The minimum Gasteiger partial charge on any atom is -0.356 e. The normalized spacial score (nSPS) is 20.0. The molecule has 0 aliphatic carbocycles. The van der Waals surface area contributed by atoms with E-state index < -0.39 is 0 Å². The molecule has 1 heterocycles. The quantitative estimate of drug-likeness (QED) is 0.791. The molecule has 3 heteroatoms. The Morgan fingerprint density at radius 2 is 1.94 bits per heavy atom. The maximum absolute atomic E-state index is 11.8. The van der Waals surface area contributed by atoms with Crippen molar-refractivity contribution in [3.63, 3.8) is 0 Å². The maximum Gasteiger partial charge on any atom is 0.220 e. The van der Waals surface area contributed by atoms with Crippen LogP contribution in [0.1, 0.15) is 47.0 Å². The van der Waals surface area contributed by atoms with Gasteiger partial charge in [-0.2, -0.15) is 0 Å². The first-order valence-electron chi connectivity index (χ1n) is 6.86. The van der Waals surface area contributed by atoms with Gasteiger partial charge in [-0.3, -0.25) is 4.79 Å². The van der Waals surface area contributed by atoms with Crippen molar-refractivity contribution in [3.05, 3.63) is 0 Å². The van der Waals surface area contributed by atoms with E-state index in [0.717, 1.165) is 25.6 Å². The summed E-state index contributed by atoms with van der Waals surface area (Å²) in [5.41, 5.74) is 0.174. The highest BCUT2D eigenvalue weighted by atomic mass is 16.1. The number of amides is 1. The summed E-state index contributed by atoms with van der Waals surface area (Å²) < 4.78 is 0. The number of rotatable bonds is 4. The van der Waals surface area contributed by atoms with E-state index in [4.69, 9.17) is 0 Å². The summed E-state index contributed by atoms with van der Waals surface area (Å²) in [5, 5.41) is 6.41. The summed E-state index contributed by atoms with van der Waals surface area (Å²) in [5.74, 6) is 1.44. The predicted molar refractivity (Wildman–Crippen MR) is 71.8 cm³/mol. The van der Waals surface area contributed by atoms with Crippen LogP contribution in [0, 0.1) is 17.3 Å². The Kier molecular flexibility index (Phi) is 5.44. The summed E-state index contributed by atoms with van der Waals surface area (Å²) in [6.07, 6.45) is 3.11. The van der Waals surface area contributed by atoms with Gasteiger partial charge in [0, 0.05) is 13.0 Å². The lowest BCUT2D eigenvalue weighted by Gasteiger charge is -2.28. The van der Waals surface area contributed by atoms with Crippen molar-refractivity contribution < 1.29 is 4.79 Å². The van der Waals surface area contributed by atoms with E-state index in [2.05, 4.69) is 38.3 Å². The van der Waals surface area contributed by atoms with Crippen molar-refractivity contribution in [2.24, 2.45) is 17.3 Å². The highest BCUT2D eigenvalue weighted by Gasteiger charge is 2.22. The fourth-order valence-corrected chi connectivity index (χ4v) is 2.31. The number of nitrogens with one attached hydrogen (secondary N) is 2. The molecule has 17 heavy (non-hydrogen) atoms. The third-order valence-corrected chi connectivity index (χ3v) is 3.51. The van der Waals surface area contributed by atoms with Crippen LogP contribution in [0.4, 0.5) is 0 Å². The second-order valence-corrected chi connectivity index (χ2v) is 6.61. The molecule has 1 aliphatic rings. The van der Waals surface area contributed by atoms with Crippen LogP contribution in [-0.2, 0) is 4.79 Å². The average molecular weight is 240 g/mol. The van der Waals surface area contributed by atoms with Gasteiger partial charge in [0.1, 0.15) is 0 Å². The van der Waals surface area contributed by atoms with Gasteiger partial charge in [-0.25, -0.2) is 0 Å². The lowest BCUT2D eigenvalue weighted by molar-refractivity contribution is -0.122. The zero-order valence-corrected chi connectivity index (χ0v) is 11.8. The molecule has 0 aromatic rings. The van der Waals surface area contributed by atoms with Crippen LogP contribution in [0.3, 0.4) is 0 Å². The molecule has 1 aliphatic heterocycles. The summed E-state index contributed by atoms with van der Waals surface area (Å²) in [6, 6.07) is 0. The van der Waals surface area contributed by atoms with Gasteiger partial charge in [-0.05, 0) is 43.2 Å². The first kappa shape index (κ1) is 14.5. The smallest absolute Gasteiger partial charge is 0.220 e. The molecule has 0 aromatic carbocycles. The van der Waals surface area contributed by atoms with Gasteiger partial charge < -0.3 is 10.6 Å². The van der Waals surface area contributed by atoms with Crippen molar-refractivity contribution in [3.8, 4) is 0 Å². The molecule has 2 N–H and O–H groups in total. The van der Waals surface area contributed by atoms with Gasteiger partial charge in [0.25, 0.3) is 0 Å². The Morgan fingerprint density at radius 1 is 1.35 bits per heavy atom. The second-order valence-electron chi connectivity index (χ2n) is 6.61. The molecule has 0 radical (unpaired) electrons. The van der Waals surface area contributed by atoms with E-state index in [1.165, 1.54) is 12.8 Å². The lowest BCUT2D eigenvalue weighted by Crippen LogP contribution is -2.36. The molecule has 100 valence electrons. The molecular formula is C14H28N2O. The maximum atomic E-state index is 11.8. The zero-order valence-electron chi connectivity index (χ0n) is 11.8. The molecule has 3 nitrogen and oxygen atoms in total. The van der Waals surface area contributed by atoms with Crippen LogP contribution >= 0.6 is 0 Å². The predicted octanol–water partition coefficient (Wildman–Crippen LogP) is 2.17. The summed E-state index contributed by atoms with van der Waals surface area (Å²) >= 11 is 0. The largest absolute Gasteiger partial charge is 0.356 e. The molecule has 0 spiro atoms. The van der Waals surface area contributed by atoms with Crippen molar-refractivity contribution in [1.29, 1.82) is 0 Å². The minimum absolute atomic E-state index is 0.174. The van der Waals surface area contributed by atoms with Crippen LogP contribution in [0.25, 0.3) is 0 Å². The van der Waals surface area contributed by atoms with Crippen molar-refractivity contribution in [2.75, 3.05) is 19.6 Å². The first-order chi connectivity index (χ1) is 7.88. The molecule has 1 rings (SSSR count). The Morgan fingerprint density at radius 3 is 2.47 bits per heavy atom. The zero-order chi connectivity index (χ0) is 12.9. The standard InChI is InChI=1S/C14H28N2O/c1-11(12-5-7-15-8-6-12)9-13(17)16-10-14(2,3)4/h11-12,15H,5-10H2,1-4H3,(H,16,17). The summed E-state index contributed by atoms with van der Waals surface area (Å²) in [4.78, 5) is 11.8. The second kappa shape index (κ2) is 6.39. The number of carbonyl (C=O) groups is 1. The first-order valence-corrected chi connectivity index (χ1v) is 6.86. The summed E-state index contributed by atoms with van der Waals surface area (Å²) in [6.45, 7) is 11.6. The van der Waals surface area contributed by atoms with E-state index in [1.54, 1.807) is 0 Å². The molecule has 0 saturated carbocycles. The number of piperidine rings is 1. The molecule has 1 atom stereocenters. The monoisotopic (exact) mass is 240 g/mol. The van der Waals surface area contributed by atoms with E-state index in [1.807, 2.05) is 0 Å². The topological polar surface area (TPSA) is 41.1 Å². The van der Waals surface area contributed by atoms with E-state index in [-0.39, 0.29) is 11.3 Å². The van der Waals surface area contributed by atoms with Crippen LogP contribution in [0.2, 0.25) is 0 Å². The molecular weight excluding hydrogens is 212 g/mol. The van der Waals surface area contributed by atoms with Crippen LogP contribution in [0.15, 0.2) is 0 Å². The number of hydrogen-bond donors (Lipinski definition) is 2. The molecule has 1 saturated heterocycles. The Labute approximate surface area is 106 Å². The highest BCUT2D eigenvalue weighted by Crippen LogP contribution is 2.24. The molecule has 0 aromatic heterocycles. The third kappa shape index (κ3) is 6.06. The fraction of sp³-hybridized carbons (Fsp3) is 0.929. The third-order valence-electron chi connectivity index (χ3n) is 3.51. The molecule has 0 bridgehead atoms. The van der Waals surface area contributed by atoms with Gasteiger partial charge >= 0.3 is 0 Å². The van der Waals surface area contributed by atoms with E-state index in [0.29, 0.717) is 12.3 Å². The molecule has 1 fully saturated rings. The van der Waals surface area contributed by atoms with Crippen LogP contribution in [0.5, 0.6) is 0 Å². The average Bonchev–Trinajstić information content (AvgIpc) is 2.27. The van der Waals surface area contributed by atoms with Gasteiger partial charge in [0.2, 0.25) is 5.91 Å². The van der Waals surface area contributed by atoms with E-state index >= 15 is 0 Å².